The molecule has 2 aliphatic heterocycles. The van der Waals surface area contributed by atoms with Crippen LogP contribution in [0.5, 0.6) is 11.5 Å². The summed E-state index contributed by atoms with van der Waals surface area (Å²) < 4.78 is 10.9. The number of methoxy groups -OCH3 is 2. The Hall–Kier alpha value is -3.06. The van der Waals surface area contributed by atoms with E-state index in [1.165, 1.54) is 5.56 Å². The lowest BCUT2D eigenvalue weighted by Gasteiger charge is -2.45. The lowest BCUT2D eigenvalue weighted by Crippen LogP contribution is -2.50. The van der Waals surface area contributed by atoms with E-state index in [2.05, 4.69) is 11.4 Å². The molecule has 2 atom stereocenters. The van der Waals surface area contributed by atoms with E-state index in [1.807, 2.05) is 42.1 Å². The van der Waals surface area contributed by atoms with Crippen molar-refractivity contribution in [3.63, 3.8) is 0 Å². The highest BCUT2D eigenvalue weighted by atomic mass is 16.5. The van der Waals surface area contributed by atoms with Crippen LogP contribution in [0.3, 0.4) is 0 Å². The molecule has 2 heterocycles. The third-order valence-electron chi connectivity index (χ3n) is 6.17. The van der Waals surface area contributed by atoms with Crippen LogP contribution in [0.1, 0.15) is 39.0 Å². The third-order valence-corrected chi connectivity index (χ3v) is 6.17. The second-order valence-corrected chi connectivity index (χ2v) is 8.26. The summed E-state index contributed by atoms with van der Waals surface area (Å²) in [6, 6.07) is 11.2. The molecular formula is C24H29N3O4. The van der Waals surface area contributed by atoms with Crippen molar-refractivity contribution >= 4 is 11.8 Å². The molecule has 2 aliphatic rings. The molecule has 2 amide bonds. The fourth-order valence-electron chi connectivity index (χ4n) is 4.64. The highest BCUT2D eigenvalue weighted by Crippen LogP contribution is 2.48. The number of hydrogen-bond acceptors (Lipinski definition) is 5. The molecule has 2 aromatic rings. The van der Waals surface area contributed by atoms with Gasteiger partial charge in [-0.15, -0.1) is 0 Å². The molecule has 0 aromatic heterocycles. The van der Waals surface area contributed by atoms with Crippen LogP contribution in [-0.4, -0.2) is 69.6 Å². The van der Waals surface area contributed by atoms with Gasteiger partial charge in [-0.2, -0.15) is 0 Å². The van der Waals surface area contributed by atoms with Gasteiger partial charge in [-0.05, 0) is 49.3 Å². The van der Waals surface area contributed by atoms with E-state index < -0.39 is 5.92 Å². The first-order valence-corrected chi connectivity index (χ1v) is 10.5. The molecule has 0 radical (unpaired) electrons. The Bertz CT molecular complexity index is 1000. The highest BCUT2D eigenvalue weighted by molar-refractivity contribution is 6.02. The first-order valence-electron chi connectivity index (χ1n) is 10.5. The van der Waals surface area contributed by atoms with E-state index in [0.29, 0.717) is 35.7 Å². The maximum Gasteiger partial charge on any atom is 0.254 e. The summed E-state index contributed by atoms with van der Waals surface area (Å²) in [5, 5.41) is 3.08. The molecule has 0 fully saturated rings. The quantitative estimate of drug-likeness (QED) is 0.772. The fourth-order valence-corrected chi connectivity index (χ4v) is 4.64. The van der Waals surface area contributed by atoms with Gasteiger partial charge in [0.25, 0.3) is 5.91 Å². The molecule has 1 N–H and O–H groups in total. The van der Waals surface area contributed by atoms with Crippen LogP contribution in [0.2, 0.25) is 0 Å². The van der Waals surface area contributed by atoms with Crippen LogP contribution in [0, 0.1) is 0 Å². The first kappa shape index (κ1) is 21.2. The number of benzene rings is 2. The normalized spacial score (nSPS) is 19.4. The zero-order chi connectivity index (χ0) is 22.1. The Morgan fingerprint density at radius 3 is 2.55 bits per heavy atom. The summed E-state index contributed by atoms with van der Waals surface area (Å²) in [6.07, 6.45) is 0.774. The molecule has 31 heavy (non-hydrogen) atoms. The second-order valence-electron chi connectivity index (χ2n) is 8.26. The molecule has 0 saturated carbocycles. The topological polar surface area (TPSA) is 71.1 Å². The highest BCUT2D eigenvalue weighted by Gasteiger charge is 2.46. The van der Waals surface area contributed by atoms with Gasteiger partial charge in [0.2, 0.25) is 5.91 Å². The van der Waals surface area contributed by atoms with E-state index in [4.69, 9.17) is 9.47 Å². The summed E-state index contributed by atoms with van der Waals surface area (Å²) in [7, 11) is 7.04. The lowest BCUT2D eigenvalue weighted by molar-refractivity contribution is -0.124. The minimum absolute atomic E-state index is 0.0761. The minimum atomic E-state index is -0.531. The van der Waals surface area contributed by atoms with Crippen molar-refractivity contribution in [2.24, 2.45) is 0 Å². The van der Waals surface area contributed by atoms with Gasteiger partial charge in [-0.25, -0.2) is 0 Å². The van der Waals surface area contributed by atoms with Gasteiger partial charge < -0.3 is 24.6 Å². The van der Waals surface area contributed by atoms with Crippen LogP contribution in [0.15, 0.2) is 36.4 Å². The first-order chi connectivity index (χ1) is 15.0. The molecule has 2 unspecified atom stereocenters. The van der Waals surface area contributed by atoms with Crippen molar-refractivity contribution in [1.82, 2.24) is 15.1 Å². The Morgan fingerprint density at radius 1 is 1.13 bits per heavy atom. The third kappa shape index (κ3) is 3.74. The Morgan fingerprint density at radius 2 is 1.84 bits per heavy atom. The van der Waals surface area contributed by atoms with Gasteiger partial charge in [-0.1, -0.05) is 24.3 Å². The molecule has 0 aliphatic carbocycles. The monoisotopic (exact) mass is 423 g/mol. The van der Waals surface area contributed by atoms with E-state index >= 15 is 0 Å². The maximum absolute atomic E-state index is 13.5. The van der Waals surface area contributed by atoms with Gasteiger partial charge in [0.05, 0.1) is 26.2 Å². The second kappa shape index (κ2) is 8.59. The van der Waals surface area contributed by atoms with Crippen molar-refractivity contribution in [2.75, 3.05) is 47.9 Å². The number of hydrogen-bond donors (Lipinski definition) is 1. The summed E-state index contributed by atoms with van der Waals surface area (Å²) in [5.74, 6) is 0.299. The number of fused-ring (bicyclic) bond motifs is 4. The zero-order valence-electron chi connectivity index (χ0n) is 18.5. The van der Waals surface area contributed by atoms with Crippen molar-refractivity contribution in [1.29, 1.82) is 0 Å². The van der Waals surface area contributed by atoms with E-state index in [-0.39, 0.29) is 17.9 Å². The Balaban J connectivity index is 1.84. The summed E-state index contributed by atoms with van der Waals surface area (Å²) in [6.45, 7) is 1.85. The SMILES string of the molecule is COc1cc2c(cc1OC)C(C(=O)NCCN(C)C)C1c3ccccc3CCN1C2=O. The number of nitrogens with zero attached hydrogens (tertiary/aromatic N) is 2. The average Bonchev–Trinajstić information content (AvgIpc) is 2.78. The van der Waals surface area contributed by atoms with Crippen LogP contribution in [0.4, 0.5) is 0 Å². The molecule has 0 saturated heterocycles. The van der Waals surface area contributed by atoms with Gasteiger partial charge in [0.1, 0.15) is 0 Å². The number of amides is 2. The average molecular weight is 424 g/mol. The largest absolute Gasteiger partial charge is 0.493 e. The van der Waals surface area contributed by atoms with Crippen LogP contribution < -0.4 is 14.8 Å². The van der Waals surface area contributed by atoms with Crippen LogP contribution in [-0.2, 0) is 11.2 Å². The van der Waals surface area contributed by atoms with Crippen molar-refractivity contribution in [3.05, 3.63) is 58.7 Å². The van der Waals surface area contributed by atoms with Gasteiger partial charge in [-0.3, -0.25) is 9.59 Å². The van der Waals surface area contributed by atoms with Crippen LogP contribution in [0.25, 0.3) is 0 Å². The number of nitrogens with one attached hydrogen (secondary N) is 1. The van der Waals surface area contributed by atoms with Gasteiger partial charge in [0, 0.05) is 25.2 Å². The van der Waals surface area contributed by atoms with Crippen LogP contribution >= 0.6 is 0 Å². The predicted octanol–water partition coefficient (Wildman–Crippen LogP) is 2.22. The lowest BCUT2D eigenvalue weighted by atomic mass is 9.75. The van der Waals surface area contributed by atoms with E-state index in [0.717, 1.165) is 18.5 Å². The Kier molecular flexibility index (Phi) is 5.87. The number of likely N-dealkylation sites (N-methyl/N-ethyl adjacent to an activating group) is 1. The van der Waals surface area contributed by atoms with Crippen molar-refractivity contribution < 1.29 is 19.1 Å². The fraction of sp³-hybridized carbons (Fsp3) is 0.417. The smallest absolute Gasteiger partial charge is 0.254 e. The van der Waals surface area contributed by atoms with Gasteiger partial charge in [0.15, 0.2) is 11.5 Å². The molecular weight excluding hydrogens is 394 g/mol. The molecule has 0 bridgehead atoms. The zero-order valence-corrected chi connectivity index (χ0v) is 18.5. The molecule has 164 valence electrons. The standard InChI is InChI=1S/C24H29N3O4/c1-26(2)12-10-25-23(28)21-17-13-19(30-3)20(31-4)14-18(17)24(29)27-11-9-15-7-5-6-8-16(15)22(21)27/h5-8,13-14,21-22H,9-12H2,1-4H3,(H,25,28). The number of carbonyl (C=O) groups excluding carboxylic acids is 2. The molecule has 7 heteroatoms. The van der Waals surface area contributed by atoms with Gasteiger partial charge >= 0.3 is 0 Å². The molecule has 2 aromatic carbocycles. The maximum atomic E-state index is 13.5. The summed E-state index contributed by atoms with van der Waals surface area (Å²) >= 11 is 0. The summed E-state index contributed by atoms with van der Waals surface area (Å²) in [5.41, 5.74) is 3.41. The van der Waals surface area contributed by atoms with E-state index in [1.54, 1.807) is 26.4 Å². The molecule has 7 nitrogen and oxygen atoms in total. The number of carbonyl (C=O) groups is 2. The number of rotatable bonds is 6. The summed E-state index contributed by atoms with van der Waals surface area (Å²) in [4.78, 5) is 30.9. The van der Waals surface area contributed by atoms with Crippen molar-refractivity contribution in [2.45, 2.75) is 18.4 Å². The van der Waals surface area contributed by atoms with Crippen molar-refractivity contribution in [3.8, 4) is 11.5 Å². The minimum Gasteiger partial charge on any atom is -0.493 e. The van der Waals surface area contributed by atoms with E-state index in [9.17, 15) is 9.59 Å². The Labute approximate surface area is 182 Å². The molecule has 4 rings (SSSR count). The number of ether oxygens (including phenoxy) is 2. The molecule has 0 spiro atoms. The predicted molar refractivity (Wildman–Crippen MR) is 118 cm³/mol.